The summed E-state index contributed by atoms with van der Waals surface area (Å²) in [5, 5.41) is 7.71. The summed E-state index contributed by atoms with van der Waals surface area (Å²) in [6.45, 7) is 9.38. The van der Waals surface area contributed by atoms with Gasteiger partial charge in [0.2, 0.25) is 5.91 Å². The van der Waals surface area contributed by atoms with E-state index in [-0.39, 0.29) is 5.91 Å². The van der Waals surface area contributed by atoms with Gasteiger partial charge < -0.3 is 5.32 Å². The van der Waals surface area contributed by atoms with Crippen LogP contribution in [0.25, 0.3) is 5.69 Å². The molecule has 0 aliphatic heterocycles. The fourth-order valence-electron chi connectivity index (χ4n) is 3.47. The molecule has 0 spiro atoms. The number of carbonyl (C=O) groups excluding carboxylic acids is 1. The van der Waals surface area contributed by atoms with Gasteiger partial charge in [0.05, 0.1) is 17.9 Å². The molecule has 0 fully saturated rings. The van der Waals surface area contributed by atoms with Gasteiger partial charge in [-0.05, 0) is 56.6 Å². The summed E-state index contributed by atoms with van der Waals surface area (Å²) >= 11 is 0. The quantitative estimate of drug-likeness (QED) is 0.637. The minimum Gasteiger partial charge on any atom is -0.325 e. The first kappa shape index (κ1) is 20.8. The van der Waals surface area contributed by atoms with E-state index in [0.29, 0.717) is 19.0 Å². The van der Waals surface area contributed by atoms with Crippen LogP contribution in [0.3, 0.4) is 0 Å². The van der Waals surface area contributed by atoms with Crippen LogP contribution in [0.5, 0.6) is 0 Å². The summed E-state index contributed by atoms with van der Waals surface area (Å²) in [7, 11) is 1.96. The lowest BCUT2D eigenvalue weighted by Gasteiger charge is -2.17. The monoisotopic (exact) mass is 390 g/mol. The number of amides is 1. The number of nitrogens with one attached hydrogen (secondary N) is 1. The van der Waals surface area contributed by atoms with Crippen molar-refractivity contribution in [1.82, 2.24) is 14.7 Å². The second-order valence-electron chi connectivity index (χ2n) is 7.90. The van der Waals surface area contributed by atoms with Crippen molar-refractivity contribution < 1.29 is 4.79 Å². The molecule has 0 aliphatic carbocycles. The smallest absolute Gasteiger partial charge is 0.238 e. The summed E-state index contributed by atoms with van der Waals surface area (Å²) in [6.07, 6.45) is 0. The molecule has 1 heterocycles. The lowest BCUT2D eigenvalue weighted by molar-refractivity contribution is -0.117. The maximum atomic E-state index is 12.5. The number of carbonyl (C=O) groups is 1. The van der Waals surface area contributed by atoms with Gasteiger partial charge in [-0.25, -0.2) is 4.68 Å². The molecule has 0 unspecified atom stereocenters. The Morgan fingerprint density at radius 3 is 2.52 bits per heavy atom. The summed E-state index contributed by atoms with van der Waals surface area (Å²) in [6, 6.07) is 18.2. The van der Waals surface area contributed by atoms with Gasteiger partial charge >= 0.3 is 0 Å². The summed E-state index contributed by atoms with van der Waals surface area (Å²) < 4.78 is 1.97. The molecule has 5 heteroatoms. The fraction of sp³-hybridized carbons (Fsp3) is 0.333. The number of nitrogens with zero attached hydrogens (tertiary/aromatic N) is 3. The van der Waals surface area contributed by atoms with E-state index in [1.54, 1.807) is 0 Å². The Hall–Kier alpha value is -2.92. The molecule has 0 bridgehead atoms. The SMILES string of the molecule is Cc1nn(-c2ccccc2)c(C)c1CN(C)CC(=O)Nc1cccc(C(C)C)c1. The van der Waals surface area contributed by atoms with Crippen LogP contribution in [0, 0.1) is 13.8 Å². The summed E-state index contributed by atoms with van der Waals surface area (Å²) in [5.74, 6) is 0.417. The van der Waals surface area contributed by atoms with Crippen LogP contribution in [-0.2, 0) is 11.3 Å². The van der Waals surface area contributed by atoms with Gasteiger partial charge in [0.15, 0.2) is 0 Å². The Morgan fingerprint density at radius 2 is 1.83 bits per heavy atom. The first-order chi connectivity index (χ1) is 13.8. The molecule has 1 amide bonds. The van der Waals surface area contributed by atoms with Crippen molar-refractivity contribution in [3.63, 3.8) is 0 Å². The second kappa shape index (κ2) is 9.05. The van der Waals surface area contributed by atoms with Crippen LogP contribution in [0.4, 0.5) is 5.69 Å². The Kier molecular flexibility index (Phi) is 6.49. The minimum absolute atomic E-state index is 0.0147. The molecule has 3 aromatic rings. The molecule has 5 nitrogen and oxygen atoms in total. The number of para-hydroxylation sites is 1. The van der Waals surface area contributed by atoms with E-state index in [1.807, 2.05) is 72.1 Å². The predicted molar refractivity (Wildman–Crippen MR) is 119 cm³/mol. The van der Waals surface area contributed by atoms with Crippen molar-refractivity contribution in [1.29, 1.82) is 0 Å². The normalized spacial score (nSPS) is 11.3. The number of benzene rings is 2. The van der Waals surface area contributed by atoms with Gasteiger partial charge in [-0.2, -0.15) is 5.10 Å². The highest BCUT2D eigenvalue weighted by molar-refractivity contribution is 5.92. The first-order valence-electron chi connectivity index (χ1n) is 10.0. The zero-order valence-electron chi connectivity index (χ0n) is 17.9. The zero-order chi connectivity index (χ0) is 21.0. The second-order valence-corrected chi connectivity index (χ2v) is 7.90. The largest absolute Gasteiger partial charge is 0.325 e. The van der Waals surface area contributed by atoms with Gasteiger partial charge in [0.25, 0.3) is 0 Å². The number of anilines is 1. The van der Waals surface area contributed by atoms with E-state index in [0.717, 1.165) is 28.3 Å². The molecule has 0 radical (unpaired) electrons. The average Bonchev–Trinajstić information content (AvgIpc) is 2.97. The topological polar surface area (TPSA) is 50.2 Å². The molecule has 0 atom stereocenters. The third-order valence-electron chi connectivity index (χ3n) is 5.12. The lowest BCUT2D eigenvalue weighted by atomic mass is 10.0. The van der Waals surface area contributed by atoms with E-state index < -0.39 is 0 Å². The zero-order valence-corrected chi connectivity index (χ0v) is 17.9. The number of aryl methyl sites for hydroxylation is 1. The molecule has 152 valence electrons. The molecular weight excluding hydrogens is 360 g/mol. The predicted octanol–water partition coefficient (Wildman–Crippen LogP) is 4.68. The van der Waals surface area contributed by atoms with Crippen molar-refractivity contribution in [2.75, 3.05) is 18.9 Å². The number of hydrogen-bond donors (Lipinski definition) is 1. The Morgan fingerprint density at radius 1 is 1.10 bits per heavy atom. The maximum Gasteiger partial charge on any atom is 0.238 e. The third-order valence-corrected chi connectivity index (χ3v) is 5.12. The molecule has 29 heavy (non-hydrogen) atoms. The highest BCUT2D eigenvalue weighted by Crippen LogP contribution is 2.20. The van der Waals surface area contributed by atoms with Crippen LogP contribution in [0.2, 0.25) is 0 Å². The Balaban J connectivity index is 1.65. The van der Waals surface area contributed by atoms with Gasteiger partial charge in [-0.15, -0.1) is 0 Å². The van der Waals surface area contributed by atoms with Crippen LogP contribution < -0.4 is 5.32 Å². The Labute approximate surface area is 173 Å². The number of likely N-dealkylation sites (N-methyl/N-ethyl adjacent to an activating group) is 1. The van der Waals surface area contributed by atoms with Crippen molar-refractivity contribution in [3.8, 4) is 5.69 Å². The lowest BCUT2D eigenvalue weighted by Crippen LogP contribution is -2.30. The molecule has 2 aromatic carbocycles. The van der Waals surface area contributed by atoms with Crippen LogP contribution in [-0.4, -0.2) is 34.2 Å². The highest BCUT2D eigenvalue weighted by atomic mass is 16.2. The first-order valence-corrected chi connectivity index (χ1v) is 10.0. The number of rotatable bonds is 7. The summed E-state index contributed by atoms with van der Waals surface area (Å²) in [5.41, 5.74) is 6.36. The van der Waals surface area contributed by atoms with Gasteiger partial charge in [-0.3, -0.25) is 9.69 Å². The van der Waals surface area contributed by atoms with E-state index in [2.05, 4.69) is 32.2 Å². The molecule has 0 aliphatic rings. The average molecular weight is 391 g/mol. The molecular formula is C24H30N4O. The third kappa shape index (κ3) is 5.12. The number of aromatic nitrogens is 2. The van der Waals surface area contributed by atoms with E-state index >= 15 is 0 Å². The van der Waals surface area contributed by atoms with E-state index in [4.69, 9.17) is 5.10 Å². The molecule has 1 aromatic heterocycles. The highest BCUT2D eigenvalue weighted by Gasteiger charge is 2.16. The van der Waals surface area contributed by atoms with Crippen LogP contribution in [0.15, 0.2) is 54.6 Å². The van der Waals surface area contributed by atoms with Gasteiger partial charge in [0, 0.05) is 23.5 Å². The molecule has 0 saturated carbocycles. The molecule has 1 N–H and O–H groups in total. The van der Waals surface area contributed by atoms with Crippen LogP contribution >= 0.6 is 0 Å². The minimum atomic E-state index is -0.0147. The molecule has 3 rings (SSSR count). The standard InChI is InChI=1S/C24H30N4O/c1-17(2)20-10-9-11-21(14-20)25-24(29)16-27(5)15-23-18(3)26-28(19(23)4)22-12-7-6-8-13-22/h6-14,17H,15-16H2,1-5H3,(H,25,29). The van der Waals surface area contributed by atoms with E-state index in [1.165, 1.54) is 5.56 Å². The van der Waals surface area contributed by atoms with E-state index in [9.17, 15) is 4.79 Å². The van der Waals surface area contributed by atoms with Crippen molar-refractivity contribution in [2.45, 2.75) is 40.2 Å². The maximum absolute atomic E-state index is 12.5. The Bertz CT molecular complexity index is 976. The summed E-state index contributed by atoms with van der Waals surface area (Å²) in [4.78, 5) is 14.5. The van der Waals surface area contributed by atoms with Crippen LogP contribution in [0.1, 0.15) is 42.3 Å². The van der Waals surface area contributed by atoms with Crippen molar-refractivity contribution >= 4 is 11.6 Å². The number of hydrogen-bond acceptors (Lipinski definition) is 3. The van der Waals surface area contributed by atoms with Crippen molar-refractivity contribution in [2.24, 2.45) is 0 Å². The molecule has 0 saturated heterocycles. The van der Waals surface area contributed by atoms with Crippen molar-refractivity contribution in [3.05, 3.63) is 77.1 Å². The van der Waals surface area contributed by atoms with Gasteiger partial charge in [-0.1, -0.05) is 44.2 Å². The fourth-order valence-corrected chi connectivity index (χ4v) is 3.47. The van der Waals surface area contributed by atoms with Gasteiger partial charge in [0.1, 0.15) is 0 Å².